The van der Waals surface area contributed by atoms with Crippen LogP contribution in [-0.2, 0) is 11.3 Å². The van der Waals surface area contributed by atoms with Crippen molar-refractivity contribution in [3.05, 3.63) is 70.7 Å². The molecule has 6 heteroatoms. The van der Waals surface area contributed by atoms with Gasteiger partial charge in [-0.25, -0.2) is 0 Å². The average Bonchev–Trinajstić information content (AvgIpc) is 3.43. The van der Waals surface area contributed by atoms with Crippen LogP contribution < -0.4 is 4.74 Å². The molecule has 3 aromatic rings. The molecule has 2 heterocycles. The van der Waals surface area contributed by atoms with E-state index in [0.717, 1.165) is 52.7 Å². The van der Waals surface area contributed by atoms with Crippen molar-refractivity contribution < 1.29 is 14.1 Å². The average molecular weight is 405 g/mol. The highest BCUT2D eigenvalue weighted by molar-refractivity contribution is 5.92. The van der Waals surface area contributed by atoms with Crippen molar-refractivity contribution in [2.75, 3.05) is 7.11 Å². The molecule has 0 radical (unpaired) electrons. The Bertz CT molecular complexity index is 1070. The molecule has 156 valence electrons. The van der Waals surface area contributed by atoms with E-state index in [0.29, 0.717) is 12.6 Å². The summed E-state index contributed by atoms with van der Waals surface area (Å²) in [5.74, 6) is 2.38. The Morgan fingerprint density at radius 2 is 1.97 bits per heavy atom. The second kappa shape index (κ2) is 8.22. The lowest BCUT2D eigenvalue weighted by atomic mass is 10.2. The molecule has 1 aromatic carbocycles. The minimum Gasteiger partial charge on any atom is -0.497 e. The highest BCUT2D eigenvalue weighted by Gasteiger charge is 2.31. The van der Waals surface area contributed by atoms with Crippen LogP contribution in [0.25, 0.3) is 11.9 Å². The van der Waals surface area contributed by atoms with Crippen LogP contribution in [0.5, 0.6) is 5.75 Å². The lowest BCUT2D eigenvalue weighted by Crippen LogP contribution is -2.31. The lowest BCUT2D eigenvalue weighted by Gasteiger charge is -2.21. The first-order valence-electron chi connectivity index (χ1n) is 10.2. The predicted octanol–water partition coefficient (Wildman–Crippen LogP) is 4.60. The summed E-state index contributed by atoms with van der Waals surface area (Å²) >= 11 is 0. The lowest BCUT2D eigenvalue weighted by molar-refractivity contribution is -0.127. The van der Waals surface area contributed by atoms with Crippen LogP contribution in [0.15, 0.2) is 47.0 Å². The topological polar surface area (TPSA) is 60.5 Å². The van der Waals surface area contributed by atoms with Crippen molar-refractivity contribution >= 4 is 12.0 Å². The van der Waals surface area contributed by atoms with Gasteiger partial charge in [-0.15, -0.1) is 0 Å². The van der Waals surface area contributed by atoms with Gasteiger partial charge in [-0.3, -0.25) is 9.36 Å². The van der Waals surface area contributed by atoms with Crippen LogP contribution in [0.4, 0.5) is 0 Å². The summed E-state index contributed by atoms with van der Waals surface area (Å²) in [6, 6.07) is 12.2. The zero-order valence-corrected chi connectivity index (χ0v) is 17.9. The molecule has 0 unspecified atom stereocenters. The smallest absolute Gasteiger partial charge is 0.247 e. The monoisotopic (exact) mass is 405 g/mol. The number of rotatable bonds is 7. The van der Waals surface area contributed by atoms with E-state index < -0.39 is 0 Å². The fraction of sp³-hybridized carbons (Fsp3) is 0.333. The number of aromatic nitrogens is 2. The maximum atomic E-state index is 13.0. The zero-order valence-electron chi connectivity index (χ0n) is 17.9. The number of hydrogen-bond donors (Lipinski definition) is 0. The molecule has 0 N–H and O–H groups in total. The number of ether oxygens (including phenoxy) is 1. The van der Waals surface area contributed by atoms with Crippen molar-refractivity contribution in [2.24, 2.45) is 0 Å². The van der Waals surface area contributed by atoms with Crippen LogP contribution in [0.2, 0.25) is 0 Å². The Morgan fingerprint density at radius 1 is 1.23 bits per heavy atom. The first-order chi connectivity index (χ1) is 14.5. The minimum atomic E-state index is 0.0374. The summed E-state index contributed by atoms with van der Waals surface area (Å²) in [4.78, 5) is 14.9. The maximum absolute atomic E-state index is 13.0. The molecular weight excluding hydrogens is 378 g/mol. The van der Waals surface area contributed by atoms with Crippen LogP contribution >= 0.6 is 0 Å². The molecule has 4 rings (SSSR count). The van der Waals surface area contributed by atoms with Crippen molar-refractivity contribution in [2.45, 2.75) is 46.2 Å². The van der Waals surface area contributed by atoms with E-state index in [4.69, 9.17) is 9.26 Å². The SMILES string of the molecule is COc1ccc(CN(C(=O)/C=C/c2cc(C)n(-c3cc(C)on3)c2C)C2CC2)cc1. The molecule has 0 aliphatic heterocycles. The third-order valence-corrected chi connectivity index (χ3v) is 5.50. The number of methoxy groups -OCH3 is 1. The Hall–Kier alpha value is -3.28. The molecule has 1 saturated carbocycles. The highest BCUT2D eigenvalue weighted by Crippen LogP contribution is 2.29. The number of carbonyl (C=O) groups excluding carboxylic acids is 1. The zero-order chi connectivity index (χ0) is 21.3. The normalized spacial score (nSPS) is 13.7. The van der Waals surface area contributed by atoms with E-state index in [2.05, 4.69) is 11.2 Å². The van der Waals surface area contributed by atoms with Gasteiger partial charge < -0.3 is 14.2 Å². The summed E-state index contributed by atoms with van der Waals surface area (Å²) in [7, 11) is 1.65. The quantitative estimate of drug-likeness (QED) is 0.539. The van der Waals surface area contributed by atoms with E-state index in [1.165, 1.54) is 0 Å². The molecule has 1 aliphatic rings. The third kappa shape index (κ3) is 4.17. The van der Waals surface area contributed by atoms with Crippen molar-refractivity contribution in [3.8, 4) is 11.6 Å². The van der Waals surface area contributed by atoms with Gasteiger partial charge in [0, 0.05) is 36.1 Å². The molecule has 6 nitrogen and oxygen atoms in total. The van der Waals surface area contributed by atoms with Crippen molar-refractivity contribution in [1.82, 2.24) is 14.6 Å². The number of aryl methyl sites for hydroxylation is 2. The minimum absolute atomic E-state index is 0.0374. The highest BCUT2D eigenvalue weighted by atomic mass is 16.5. The fourth-order valence-electron chi connectivity index (χ4n) is 3.73. The largest absolute Gasteiger partial charge is 0.497 e. The van der Waals surface area contributed by atoms with Gasteiger partial charge in [-0.05, 0) is 69.0 Å². The predicted molar refractivity (Wildman–Crippen MR) is 116 cm³/mol. The number of hydrogen-bond acceptors (Lipinski definition) is 4. The van der Waals surface area contributed by atoms with Gasteiger partial charge in [0.15, 0.2) is 5.82 Å². The molecule has 0 spiro atoms. The molecule has 1 aliphatic carbocycles. The van der Waals surface area contributed by atoms with E-state index in [9.17, 15) is 4.79 Å². The second-order valence-corrected chi connectivity index (χ2v) is 7.84. The third-order valence-electron chi connectivity index (χ3n) is 5.50. The van der Waals surface area contributed by atoms with Gasteiger partial charge in [-0.2, -0.15) is 0 Å². The Morgan fingerprint density at radius 3 is 2.57 bits per heavy atom. The van der Waals surface area contributed by atoms with Crippen molar-refractivity contribution in [3.63, 3.8) is 0 Å². The van der Waals surface area contributed by atoms with Crippen molar-refractivity contribution in [1.29, 1.82) is 0 Å². The second-order valence-electron chi connectivity index (χ2n) is 7.84. The summed E-state index contributed by atoms with van der Waals surface area (Å²) < 4.78 is 12.5. The van der Waals surface area contributed by atoms with Gasteiger partial charge in [0.25, 0.3) is 0 Å². The molecule has 0 bridgehead atoms. The molecule has 0 atom stereocenters. The molecule has 1 amide bonds. The Labute approximate surface area is 176 Å². The van der Waals surface area contributed by atoms with Gasteiger partial charge in [-0.1, -0.05) is 17.3 Å². The van der Waals surface area contributed by atoms with E-state index in [-0.39, 0.29) is 5.91 Å². The molecule has 2 aromatic heterocycles. The standard InChI is InChI=1S/C24H27N3O3/c1-16-13-20(18(3)27(16)23-14-17(2)30-25-23)7-12-24(28)26(21-8-9-21)15-19-5-10-22(29-4)11-6-19/h5-7,10-14,21H,8-9,15H2,1-4H3/b12-7+. The molecular formula is C24H27N3O3. The van der Waals surface area contributed by atoms with Crippen LogP contribution in [0.1, 0.15) is 41.1 Å². The summed E-state index contributed by atoms with van der Waals surface area (Å²) in [5.41, 5.74) is 4.17. The summed E-state index contributed by atoms with van der Waals surface area (Å²) in [6.45, 7) is 6.53. The van der Waals surface area contributed by atoms with Gasteiger partial charge in [0.2, 0.25) is 5.91 Å². The van der Waals surface area contributed by atoms with Crippen LogP contribution in [0.3, 0.4) is 0 Å². The van der Waals surface area contributed by atoms with Gasteiger partial charge in [0.1, 0.15) is 11.5 Å². The number of nitrogens with zero attached hydrogens (tertiary/aromatic N) is 3. The molecule has 1 fully saturated rings. The molecule has 0 saturated heterocycles. The van der Waals surface area contributed by atoms with Gasteiger partial charge in [0.05, 0.1) is 7.11 Å². The summed E-state index contributed by atoms with van der Waals surface area (Å²) in [5, 5.41) is 4.11. The van der Waals surface area contributed by atoms with Crippen LogP contribution in [0, 0.1) is 20.8 Å². The Balaban J connectivity index is 1.51. The van der Waals surface area contributed by atoms with E-state index >= 15 is 0 Å². The first-order valence-corrected chi connectivity index (χ1v) is 10.2. The fourth-order valence-corrected chi connectivity index (χ4v) is 3.73. The Kier molecular flexibility index (Phi) is 5.48. The van der Waals surface area contributed by atoms with E-state index in [1.807, 2.05) is 66.6 Å². The molecule has 30 heavy (non-hydrogen) atoms. The van der Waals surface area contributed by atoms with Gasteiger partial charge >= 0.3 is 0 Å². The summed E-state index contributed by atoms with van der Waals surface area (Å²) in [6.07, 6.45) is 5.71. The number of amides is 1. The van der Waals surface area contributed by atoms with Crippen LogP contribution in [-0.4, -0.2) is 33.7 Å². The first kappa shape index (κ1) is 20.0. The number of carbonyl (C=O) groups is 1. The number of benzene rings is 1. The maximum Gasteiger partial charge on any atom is 0.247 e. The van der Waals surface area contributed by atoms with E-state index in [1.54, 1.807) is 13.2 Å².